The van der Waals surface area contributed by atoms with Gasteiger partial charge in [0.15, 0.2) is 5.69 Å². The number of carbonyl (C=O) groups is 1. The zero-order valence-electron chi connectivity index (χ0n) is 19.4. The van der Waals surface area contributed by atoms with Gasteiger partial charge in [-0.05, 0) is 57.4 Å². The minimum absolute atomic E-state index is 0.0882. The minimum atomic E-state index is -0.612. The summed E-state index contributed by atoms with van der Waals surface area (Å²) in [5.41, 5.74) is 2.21. The van der Waals surface area contributed by atoms with Crippen LogP contribution in [0, 0.1) is 6.92 Å². The molecule has 3 heterocycles. The Morgan fingerprint density at radius 3 is 2.76 bits per heavy atom. The molecule has 0 radical (unpaired) electrons. The molecule has 0 bridgehead atoms. The number of hydrogen-bond donors (Lipinski definition) is 1. The number of carbonyl (C=O) groups excluding carboxylic acids is 1. The number of benzene rings is 1. The molecule has 1 aliphatic heterocycles. The van der Waals surface area contributed by atoms with Gasteiger partial charge in [-0.1, -0.05) is 17.7 Å². The number of ether oxygens (including phenoxy) is 2. The van der Waals surface area contributed by atoms with Gasteiger partial charge < -0.3 is 14.8 Å². The summed E-state index contributed by atoms with van der Waals surface area (Å²) in [6, 6.07) is 6.83. The van der Waals surface area contributed by atoms with Crippen LogP contribution in [-0.4, -0.2) is 34.2 Å². The number of nitrogens with zero attached hydrogens (tertiary/aromatic N) is 3. The first-order chi connectivity index (χ1) is 15.6. The molecule has 174 valence electrons. The van der Waals surface area contributed by atoms with Crippen LogP contribution in [0.1, 0.15) is 60.2 Å². The van der Waals surface area contributed by atoms with Crippen molar-refractivity contribution in [1.82, 2.24) is 14.5 Å². The molecular formula is C24H27ClN4O4. The Morgan fingerprint density at radius 1 is 1.33 bits per heavy atom. The van der Waals surface area contributed by atoms with E-state index in [1.165, 1.54) is 7.11 Å². The fourth-order valence-electron chi connectivity index (χ4n) is 4.43. The van der Waals surface area contributed by atoms with E-state index in [1.54, 1.807) is 23.7 Å². The largest absolute Gasteiger partial charge is 0.464 e. The van der Waals surface area contributed by atoms with Gasteiger partial charge in [-0.15, -0.1) is 0 Å². The molecule has 2 atom stereocenters. The van der Waals surface area contributed by atoms with Crippen LogP contribution in [-0.2, 0) is 22.1 Å². The van der Waals surface area contributed by atoms with E-state index in [4.69, 9.17) is 26.1 Å². The van der Waals surface area contributed by atoms with Crippen molar-refractivity contribution in [2.45, 2.75) is 45.3 Å². The second-order valence-corrected chi connectivity index (χ2v) is 9.01. The lowest BCUT2D eigenvalue weighted by atomic mass is 9.98. The monoisotopic (exact) mass is 470 g/mol. The molecule has 2 aromatic heterocycles. The van der Waals surface area contributed by atoms with Crippen molar-refractivity contribution >= 4 is 34.2 Å². The van der Waals surface area contributed by atoms with Crippen LogP contribution in [0.25, 0.3) is 10.9 Å². The van der Waals surface area contributed by atoms with Crippen LogP contribution >= 0.6 is 11.6 Å². The summed E-state index contributed by atoms with van der Waals surface area (Å²) in [6.45, 7) is 6.50. The lowest BCUT2D eigenvalue weighted by molar-refractivity contribution is 0.00636. The third kappa shape index (κ3) is 4.20. The second-order valence-electron chi connectivity index (χ2n) is 8.62. The number of anilines is 1. The molecule has 0 saturated carbocycles. The number of methoxy groups -OCH3 is 1. The molecular weight excluding hydrogens is 444 g/mol. The third-order valence-electron chi connectivity index (χ3n) is 6.12. The van der Waals surface area contributed by atoms with Gasteiger partial charge in [0, 0.05) is 19.2 Å². The van der Waals surface area contributed by atoms with E-state index in [0.717, 1.165) is 24.0 Å². The maximum absolute atomic E-state index is 13.3. The van der Waals surface area contributed by atoms with Crippen molar-refractivity contribution in [1.29, 1.82) is 0 Å². The molecule has 1 fully saturated rings. The van der Waals surface area contributed by atoms with Gasteiger partial charge in [0.05, 0.1) is 29.7 Å². The van der Waals surface area contributed by atoms with E-state index in [0.29, 0.717) is 29.0 Å². The average Bonchev–Trinajstić information content (AvgIpc) is 3.23. The highest BCUT2D eigenvalue weighted by atomic mass is 35.5. The first kappa shape index (κ1) is 23.2. The second kappa shape index (κ2) is 8.76. The van der Waals surface area contributed by atoms with Crippen LogP contribution in [0.4, 0.5) is 5.69 Å². The van der Waals surface area contributed by atoms with Gasteiger partial charge >= 0.3 is 5.97 Å². The number of esters is 1. The summed E-state index contributed by atoms with van der Waals surface area (Å²) in [7, 11) is 3.03. The minimum Gasteiger partial charge on any atom is -0.464 e. The van der Waals surface area contributed by atoms with E-state index in [-0.39, 0.29) is 22.4 Å². The number of fused-ring (bicyclic) bond motifs is 1. The highest BCUT2D eigenvalue weighted by Crippen LogP contribution is 2.35. The van der Waals surface area contributed by atoms with E-state index >= 15 is 0 Å². The van der Waals surface area contributed by atoms with E-state index < -0.39 is 11.6 Å². The first-order valence-corrected chi connectivity index (χ1v) is 11.2. The molecule has 1 saturated heterocycles. The van der Waals surface area contributed by atoms with Gasteiger partial charge in [0.25, 0.3) is 5.56 Å². The number of aryl methyl sites for hydroxylation is 1. The SMILES string of the molecule is COC(=O)c1nc(Cl)ccc1N[C@H](C)c1cc(C)cc2c(=O)n(C)c(C3(C)CCCO3)nc12. The summed E-state index contributed by atoms with van der Waals surface area (Å²) in [5.74, 6) is 0.0140. The average molecular weight is 471 g/mol. The predicted molar refractivity (Wildman–Crippen MR) is 127 cm³/mol. The number of pyridine rings is 1. The van der Waals surface area contributed by atoms with Crippen LogP contribution in [0.2, 0.25) is 5.15 Å². The number of nitrogens with one attached hydrogen (secondary N) is 1. The van der Waals surface area contributed by atoms with Crippen LogP contribution in [0.3, 0.4) is 0 Å². The van der Waals surface area contributed by atoms with Crippen molar-refractivity contribution in [3.05, 3.63) is 62.4 Å². The zero-order chi connectivity index (χ0) is 23.9. The standard InChI is InChI=1S/C24H27ClN4O4/c1-13-11-15(14(2)26-17-7-8-18(25)27-20(17)22(31)32-5)19-16(12-13)21(30)29(4)23(28-19)24(3)9-6-10-33-24/h7-8,11-12,14,26H,6,9-10H2,1-5H3/t14-,24?/m1/s1. The lowest BCUT2D eigenvalue weighted by Gasteiger charge is -2.26. The number of hydrogen-bond acceptors (Lipinski definition) is 7. The molecule has 0 amide bonds. The van der Waals surface area contributed by atoms with E-state index in [1.807, 2.05) is 32.9 Å². The molecule has 4 rings (SSSR count). The zero-order valence-corrected chi connectivity index (χ0v) is 20.1. The molecule has 0 aliphatic carbocycles. The Morgan fingerprint density at radius 2 is 2.09 bits per heavy atom. The van der Waals surface area contributed by atoms with Crippen molar-refractivity contribution in [3.63, 3.8) is 0 Å². The molecule has 1 N–H and O–H groups in total. The smallest absolute Gasteiger partial charge is 0.358 e. The molecule has 1 aromatic carbocycles. The Kier molecular flexibility index (Phi) is 6.16. The van der Waals surface area contributed by atoms with Gasteiger partial charge in [0.2, 0.25) is 0 Å². The Bertz CT molecular complexity index is 1300. The molecule has 8 nitrogen and oxygen atoms in total. The first-order valence-electron chi connectivity index (χ1n) is 10.8. The number of rotatable bonds is 5. The van der Waals surface area contributed by atoms with Gasteiger partial charge in [-0.2, -0.15) is 0 Å². The summed E-state index contributed by atoms with van der Waals surface area (Å²) in [5, 5.41) is 4.04. The summed E-state index contributed by atoms with van der Waals surface area (Å²) in [6.07, 6.45) is 1.72. The maximum atomic E-state index is 13.3. The molecule has 33 heavy (non-hydrogen) atoms. The Hall–Kier alpha value is -2.97. The fraction of sp³-hybridized carbons (Fsp3) is 0.417. The van der Waals surface area contributed by atoms with Crippen molar-refractivity contribution in [2.75, 3.05) is 19.0 Å². The van der Waals surface area contributed by atoms with Crippen molar-refractivity contribution in [3.8, 4) is 0 Å². The number of halogens is 1. The van der Waals surface area contributed by atoms with Gasteiger partial charge in [-0.3, -0.25) is 9.36 Å². The van der Waals surface area contributed by atoms with Crippen molar-refractivity contribution < 1.29 is 14.3 Å². The lowest BCUT2D eigenvalue weighted by Crippen LogP contribution is -2.33. The summed E-state index contributed by atoms with van der Waals surface area (Å²) < 4.78 is 12.4. The highest BCUT2D eigenvalue weighted by Gasteiger charge is 2.36. The van der Waals surface area contributed by atoms with Crippen LogP contribution in [0.5, 0.6) is 0 Å². The topological polar surface area (TPSA) is 95.3 Å². The molecule has 9 heteroatoms. The van der Waals surface area contributed by atoms with Gasteiger partial charge in [0.1, 0.15) is 16.6 Å². The molecule has 3 aromatic rings. The van der Waals surface area contributed by atoms with Crippen LogP contribution in [0.15, 0.2) is 29.1 Å². The summed E-state index contributed by atoms with van der Waals surface area (Å²) >= 11 is 5.99. The van der Waals surface area contributed by atoms with Crippen LogP contribution < -0.4 is 10.9 Å². The quantitative estimate of drug-likeness (QED) is 0.439. The molecule has 1 unspecified atom stereocenters. The highest BCUT2D eigenvalue weighted by molar-refractivity contribution is 6.29. The fourth-order valence-corrected chi connectivity index (χ4v) is 4.57. The number of aromatic nitrogens is 3. The molecule has 0 spiro atoms. The summed E-state index contributed by atoms with van der Waals surface area (Å²) in [4.78, 5) is 34.6. The van der Waals surface area contributed by atoms with Crippen molar-refractivity contribution in [2.24, 2.45) is 7.05 Å². The maximum Gasteiger partial charge on any atom is 0.358 e. The molecule has 1 aliphatic rings. The predicted octanol–water partition coefficient (Wildman–Crippen LogP) is 4.28. The third-order valence-corrected chi connectivity index (χ3v) is 6.34. The Balaban J connectivity index is 1.85. The van der Waals surface area contributed by atoms with E-state index in [9.17, 15) is 9.59 Å². The van der Waals surface area contributed by atoms with Gasteiger partial charge in [-0.25, -0.2) is 14.8 Å². The Labute approximate surface area is 196 Å². The van der Waals surface area contributed by atoms with E-state index in [2.05, 4.69) is 10.3 Å². The normalized spacial score (nSPS) is 19.0.